The summed E-state index contributed by atoms with van der Waals surface area (Å²) in [6.07, 6.45) is 6.99. The third-order valence-corrected chi connectivity index (χ3v) is 4.80. The monoisotopic (exact) mass is 372 g/mol. The van der Waals surface area contributed by atoms with Gasteiger partial charge in [-0.05, 0) is 30.3 Å². The lowest BCUT2D eigenvalue weighted by molar-refractivity contribution is 0.0927. The fourth-order valence-electron chi connectivity index (χ4n) is 3.42. The fraction of sp³-hybridized carbons (Fsp3) is 0.100. The summed E-state index contributed by atoms with van der Waals surface area (Å²) in [5, 5.41) is 6.56. The summed E-state index contributed by atoms with van der Waals surface area (Å²) in [5.41, 5.74) is 3.75. The molecule has 0 saturated heterocycles. The minimum atomic E-state index is -0.243. The van der Waals surface area contributed by atoms with Crippen LogP contribution >= 0.6 is 0 Å². The van der Waals surface area contributed by atoms with Crippen LogP contribution in [0.2, 0.25) is 0 Å². The molecule has 5 heterocycles. The van der Waals surface area contributed by atoms with Crippen molar-refractivity contribution >= 4 is 28.7 Å². The molecule has 0 fully saturated rings. The van der Waals surface area contributed by atoms with E-state index in [1.807, 2.05) is 29.1 Å². The lowest BCUT2D eigenvalue weighted by Gasteiger charge is -2.14. The number of hydrogen-bond acceptors (Lipinski definition) is 4. The Labute approximate surface area is 159 Å². The van der Waals surface area contributed by atoms with Gasteiger partial charge in [-0.3, -0.25) is 14.6 Å². The first-order valence-corrected chi connectivity index (χ1v) is 8.87. The van der Waals surface area contributed by atoms with Gasteiger partial charge in [0.1, 0.15) is 17.2 Å². The third kappa shape index (κ3) is 2.71. The molecule has 0 saturated carbocycles. The van der Waals surface area contributed by atoms with Gasteiger partial charge in [0.2, 0.25) is 0 Å². The molecule has 8 nitrogen and oxygen atoms in total. The Morgan fingerprint density at radius 2 is 2.04 bits per heavy atom. The Bertz CT molecular complexity index is 1210. The van der Waals surface area contributed by atoms with Gasteiger partial charge < -0.3 is 20.2 Å². The number of pyridine rings is 2. The normalized spacial score (nSPS) is 13.2. The predicted molar refractivity (Wildman–Crippen MR) is 104 cm³/mol. The maximum absolute atomic E-state index is 12.3. The molecule has 0 aromatic carbocycles. The number of rotatable bonds is 3. The molecule has 138 valence electrons. The van der Waals surface area contributed by atoms with Gasteiger partial charge in [0.25, 0.3) is 11.8 Å². The van der Waals surface area contributed by atoms with Crippen LogP contribution in [-0.4, -0.2) is 37.9 Å². The van der Waals surface area contributed by atoms with Crippen molar-refractivity contribution in [2.24, 2.45) is 0 Å². The fourth-order valence-corrected chi connectivity index (χ4v) is 3.42. The largest absolute Gasteiger partial charge is 0.349 e. The van der Waals surface area contributed by atoms with E-state index >= 15 is 0 Å². The number of hydrogen-bond donors (Lipinski definition) is 3. The number of carbonyl (C=O) groups is 2. The van der Waals surface area contributed by atoms with Crippen molar-refractivity contribution in [3.63, 3.8) is 0 Å². The molecule has 0 spiro atoms. The smallest absolute Gasteiger partial charge is 0.267 e. The van der Waals surface area contributed by atoms with Gasteiger partial charge in [0, 0.05) is 60.0 Å². The maximum atomic E-state index is 12.3. The topological polar surface area (TPSA) is 105 Å². The number of aromatic amines is 1. The van der Waals surface area contributed by atoms with E-state index in [4.69, 9.17) is 0 Å². The predicted octanol–water partition coefficient (Wildman–Crippen LogP) is 2.42. The van der Waals surface area contributed by atoms with Crippen molar-refractivity contribution in [1.82, 2.24) is 24.8 Å². The molecule has 2 amide bonds. The van der Waals surface area contributed by atoms with Crippen molar-refractivity contribution < 1.29 is 9.59 Å². The first kappa shape index (κ1) is 16.2. The Morgan fingerprint density at radius 1 is 1.18 bits per heavy atom. The van der Waals surface area contributed by atoms with Gasteiger partial charge in [-0.2, -0.15) is 0 Å². The Balaban J connectivity index is 1.46. The summed E-state index contributed by atoms with van der Waals surface area (Å²) in [6.45, 7) is 1.39. The summed E-state index contributed by atoms with van der Waals surface area (Å²) in [7, 11) is 0. The van der Waals surface area contributed by atoms with E-state index in [1.165, 1.54) is 0 Å². The third-order valence-electron chi connectivity index (χ3n) is 4.80. The summed E-state index contributed by atoms with van der Waals surface area (Å²) in [5.74, 6) is 0.155. The molecule has 1 aliphatic heterocycles. The molecule has 28 heavy (non-hydrogen) atoms. The van der Waals surface area contributed by atoms with Crippen LogP contribution < -0.4 is 10.6 Å². The molecular formula is C20H16N6O2. The number of aromatic nitrogens is 4. The van der Waals surface area contributed by atoms with Gasteiger partial charge in [0.15, 0.2) is 0 Å². The quantitative estimate of drug-likeness (QED) is 0.514. The van der Waals surface area contributed by atoms with Crippen LogP contribution in [0.5, 0.6) is 0 Å². The molecule has 3 N–H and O–H groups in total. The van der Waals surface area contributed by atoms with Gasteiger partial charge in [-0.25, -0.2) is 4.98 Å². The number of nitrogens with one attached hydrogen (secondary N) is 3. The van der Waals surface area contributed by atoms with E-state index in [1.54, 1.807) is 30.6 Å². The lowest BCUT2D eigenvalue weighted by Crippen LogP contribution is -2.34. The SMILES string of the molecule is O=C(Nc1ccc2c(-c3cc4n(c3)CCNC4=O)c[nH]c2n1)c1ccncc1. The molecule has 4 aromatic heterocycles. The second kappa shape index (κ2) is 6.34. The van der Waals surface area contributed by atoms with Crippen LogP contribution in [0, 0.1) is 0 Å². The van der Waals surface area contributed by atoms with Gasteiger partial charge in [0.05, 0.1) is 0 Å². The molecule has 0 bridgehead atoms. The van der Waals surface area contributed by atoms with Crippen LogP contribution in [0.15, 0.2) is 55.1 Å². The van der Waals surface area contributed by atoms with Crippen molar-refractivity contribution in [3.05, 3.63) is 66.4 Å². The number of fused-ring (bicyclic) bond motifs is 2. The average Bonchev–Trinajstić information content (AvgIpc) is 3.33. The summed E-state index contributed by atoms with van der Waals surface area (Å²) >= 11 is 0. The van der Waals surface area contributed by atoms with E-state index in [-0.39, 0.29) is 11.8 Å². The highest BCUT2D eigenvalue weighted by atomic mass is 16.2. The zero-order chi connectivity index (χ0) is 19.1. The van der Waals surface area contributed by atoms with Crippen LogP contribution in [0.4, 0.5) is 5.82 Å². The highest BCUT2D eigenvalue weighted by Crippen LogP contribution is 2.30. The average molecular weight is 372 g/mol. The number of amides is 2. The second-order valence-electron chi connectivity index (χ2n) is 6.55. The molecule has 1 aliphatic rings. The highest BCUT2D eigenvalue weighted by Gasteiger charge is 2.19. The van der Waals surface area contributed by atoms with Gasteiger partial charge >= 0.3 is 0 Å². The first-order valence-electron chi connectivity index (χ1n) is 8.87. The number of nitrogens with zero attached hydrogens (tertiary/aromatic N) is 3. The molecule has 5 rings (SSSR count). The summed E-state index contributed by atoms with van der Waals surface area (Å²) in [6, 6.07) is 8.85. The highest BCUT2D eigenvalue weighted by molar-refractivity contribution is 6.04. The number of H-pyrrole nitrogens is 1. The molecule has 0 unspecified atom stereocenters. The van der Waals surface area contributed by atoms with Crippen molar-refractivity contribution in [1.29, 1.82) is 0 Å². The van der Waals surface area contributed by atoms with Crippen molar-refractivity contribution in [2.75, 3.05) is 11.9 Å². The van der Waals surface area contributed by atoms with Crippen molar-refractivity contribution in [3.8, 4) is 11.1 Å². The van der Waals surface area contributed by atoms with E-state index in [0.717, 1.165) is 23.1 Å². The van der Waals surface area contributed by atoms with Crippen LogP contribution in [0.25, 0.3) is 22.2 Å². The van der Waals surface area contributed by atoms with Crippen LogP contribution in [0.1, 0.15) is 20.8 Å². The second-order valence-corrected chi connectivity index (χ2v) is 6.55. The molecule has 0 radical (unpaired) electrons. The maximum Gasteiger partial charge on any atom is 0.267 e. The molecular weight excluding hydrogens is 356 g/mol. The number of carbonyl (C=O) groups excluding carboxylic acids is 2. The zero-order valence-electron chi connectivity index (χ0n) is 14.8. The van der Waals surface area contributed by atoms with Crippen molar-refractivity contribution in [2.45, 2.75) is 6.54 Å². The van der Waals surface area contributed by atoms with Crippen LogP contribution in [0.3, 0.4) is 0 Å². The minimum Gasteiger partial charge on any atom is -0.349 e. The Kier molecular flexibility index (Phi) is 3.68. The molecule has 0 atom stereocenters. The van der Waals surface area contributed by atoms with E-state index in [2.05, 4.69) is 25.6 Å². The Morgan fingerprint density at radius 3 is 2.86 bits per heavy atom. The van der Waals surface area contributed by atoms with Gasteiger partial charge in [-0.15, -0.1) is 0 Å². The summed E-state index contributed by atoms with van der Waals surface area (Å²) in [4.78, 5) is 35.8. The van der Waals surface area contributed by atoms with Gasteiger partial charge in [-0.1, -0.05) is 0 Å². The van der Waals surface area contributed by atoms with E-state index in [9.17, 15) is 9.59 Å². The molecule has 8 heteroatoms. The molecule has 4 aromatic rings. The van der Waals surface area contributed by atoms with Crippen LogP contribution in [-0.2, 0) is 6.54 Å². The minimum absolute atomic E-state index is 0.0587. The van der Waals surface area contributed by atoms with E-state index in [0.29, 0.717) is 29.3 Å². The Hall–Kier alpha value is -3.94. The molecule has 0 aliphatic carbocycles. The zero-order valence-corrected chi connectivity index (χ0v) is 14.8. The summed E-state index contributed by atoms with van der Waals surface area (Å²) < 4.78 is 1.96. The first-order chi connectivity index (χ1) is 13.7. The van der Waals surface area contributed by atoms with E-state index < -0.39 is 0 Å². The standard InChI is InChI=1S/C20H16N6O2/c27-19(12-3-5-21-6-4-12)25-17-2-1-14-15(10-23-18(14)24-17)13-9-16-20(28)22-7-8-26(16)11-13/h1-6,9-11H,7-8H2,(H,22,28)(H2,23,24,25,27). The lowest BCUT2D eigenvalue weighted by atomic mass is 10.1. The number of anilines is 1.